The molecule has 0 atom stereocenters. The smallest absolute Gasteiger partial charge is 0.271 e. The van der Waals surface area contributed by atoms with E-state index in [1.54, 1.807) is 30.5 Å². The Hall–Kier alpha value is -5.01. The van der Waals surface area contributed by atoms with E-state index in [2.05, 4.69) is 39.7 Å². The van der Waals surface area contributed by atoms with E-state index in [4.69, 9.17) is 5.21 Å². The second kappa shape index (κ2) is 11.9. The maximum atomic E-state index is 12.5. The first-order valence-electron chi connectivity index (χ1n) is 11.2. The van der Waals surface area contributed by atoms with Crippen LogP contribution in [0.1, 0.15) is 21.5 Å². The number of hydrogen-bond donors (Lipinski definition) is 3. The van der Waals surface area contributed by atoms with Gasteiger partial charge in [0, 0.05) is 28.7 Å². The first kappa shape index (κ1) is 24.1. The monoisotopic (exact) mass is 476 g/mol. The molecule has 4 rings (SSSR count). The molecule has 4 aromatic carbocycles. The van der Waals surface area contributed by atoms with Crippen LogP contribution in [0.5, 0.6) is 0 Å². The predicted octanol–water partition coefficient (Wildman–Crippen LogP) is 5.44. The van der Waals surface area contributed by atoms with Crippen molar-refractivity contribution < 1.29 is 14.8 Å². The largest absolute Gasteiger partial charge is 0.311 e. The van der Waals surface area contributed by atoms with E-state index in [1.165, 1.54) is 11.6 Å². The quantitative estimate of drug-likeness (QED) is 0.137. The zero-order valence-corrected chi connectivity index (χ0v) is 19.3. The first-order chi connectivity index (χ1) is 17.6. The number of carbonyl (C=O) groups is 2. The third-order valence-electron chi connectivity index (χ3n) is 5.25. The van der Waals surface area contributed by atoms with Gasteiger partial charge in [0.15, 0.2) is 0 Å². The molecule has 0 bridgehead atoms. The summed E-state index contributed by atoms with van der Waals surface area (Å²) in [6.07, 6.45) is 4.23. The molecule has 0 unspecified atom stereocenters. The molecule has 0 saturated carbocycles. The van der Waals surface area contributed by atoms with Crippen molar-refractivity contribution in [1.29, 1.82) is 0 Å². The summed E-state index contributed by atoms with van der Waals surface area (Å²) in [6.45, 7) is 0. The van der Waals surface area contributed by atoms with Crippen LogP contribution in [-0.2, 0) is 4.79 Å². The number of hydrazone groups is 1. The van der Waals surface area contributed by atoms with Gasteiger partial charge in [0.25, 0.3) is 11.8 Å². The van der Waals surface area contributed by atoms with Crippen LogP contribution in [0.25, 0.3) is 6.08 Å². The van der Waals surface area contributed by atoms with E-state index in [0.29, 0.717) is 11.1 Å². The van der Waals surface area contributed by atoms with Gasteiger partial charge in [-0.2, -0.15) is 5.10 Å². The number of nitrogens with one attached hydrogen (secondary N) is 2. The Morgan fingerprint density at radius 3 is 1.94 bits per heavy atom. The summed E-state index contributed by atoms with van der Waals surface area (Å²) >= 11 is 0. The Bertz CT molecular complexity index is 1330. The number of rotatable bonds is 8. The second-order valence-corrected chi connectivity index (χ2v) is 7.73. The van der Waals surface area contributed by atoms with Crippen LogP contribution in [0, 0.1) is 0 Å². The van der Waals surface area contributed by atoms with Crippen molar-refractivity contribution in [2.24, 2.45) is 5.10 Å². The number of benzene rings is 4. The van der Waals surface area contributed by atoms with E-state index >= 15 is 0 Å². The van der Waals surface area contributed by atoms with E-state index in [-0.39, 0.29) is 5.91 Å². The van der Waals surface area contributed by atoms with E-state index < -0.39 is 5.91 Å². The van der Waals surface area contributed by atoms with Crippen LogP contribution in [0.2, 0.25) is 0 Å². The van der Waals surface area contributed by atoms with Gasteiger partial charge in [-0.15, -0.1) is 0 Å². The maximum Gasteiger partial charge on any atom is 0.271 e. The highest BCUT2D eigenvalue weighted by molar-refractivity contribution is 5.96. The van der Waals surface area contributed by atoms with Crippen molar-refractivity contribution in [2.75, 3.05) is 4.90 Å². The molecule has 0 aliphatic rings. The molecule has 7 nitrogen and oxygen atoms in total. The van der Waals surface area contributed by atoms with E-state index in [1.807, 2.05) is 60.7 Å². The fourth-order valence-electron chi connectivity index (χ4n) is 3.53. The van der Waals surface area contributed by atoms with Gasteiger partial charge in [-0.25, -0.2) is 10.9 Å². The summed E-state index contributed by atoms with van der Waals surface area (Å²) in [5, 5.41) is 12.6. The molecule has 0 fully saturated rings. The SMILES string of the molecule is O=C(C=Cc1cccc(C(=O)NN=Cc2ccc(N(c3ccccc3)c3ccccc3)cc2)c1)NO. The zero-order valence-electron chi connectivity index (χ0n) is 19.3. The Morgan fingerprint density at radius 2 is 1.33 bits per heavy atom. The predicted molar refractivity (Wildman–Crippen MR) is 142 cm³/mol. The summed E-state index contributed by atoms with van der Waals surface area (Å²) in [5.41, 5.74) is 8.96. The first-order valence-corrected chi connectivity index (χ1v) is 11.2. The third kappa shape index (κ3) is 6.31. The van der Waals surface area contributed by atoms with E-state index in [9.17, 15) is 9.59 Å². The van der Waals surface area contributed by atoms with Crippen molar-refractivity contribution in [3.63, 3.8) is 0 Å². The van der Waals surface area contributed by atoms with Gasteiger partial charge in [0.05, 0.1) is 6.21 Å². The molecule has 0 aromatic heterocycles. The van der Waals surface area contributed by atoms with E-state index in [0.717, 1.165) is 28.7 Å². The number of nitrogens with zero attached hydrogens (tertiary/aromatic N) is 2. The van der Waals surface area contributed by atoms with Gasteiger partial charge in [0.1, 0.15) is 0 Å². The molecule has 0 heterocycles. The number of para-hydroxylation sites is 2. The van der Waals surface area contributed by atoms with Crippen LogP contribution in [0.15, 0.2) is 120 Å². The number of hydroxylamine groups is 1. The summed E-state index contributed by atoms with van der Waals surface area (Å²) in [5.74, 6) is -1.04. The molecular formula is C29H24N4O3. The van der Waals surface area contributed by atoms with Crippen LogP contribution < -0.4 is 15.8 Å². The minimum Gasteiger partial charge on any atom is -0.311 e. The van der Waals surface area contributed by atoms with Crippen molar-refractivity contribution in [3.05, 3.63) is 132 Å². The Balaban J connectivity index is 1.45. The van der Waals surface area contributed by atoms with Crippen molar-refractivity contribution >= 4 is 41.2 Å². The number of hydrogen-bond acceptors (Lipinski definition) is 5. The molecule has 4 aromatic rings. The summed E-state index contributed by atoms with van der Waals surface area (Å²) in [4.78, 5) is 25.8. The Kier molecular flexibility index (Phi) is 7.99. The van der Waals surface area contributed by atoms with Gasteiger partial charge in [0.2, 0.25) is 0 Å². The Labute approximate surface area is 209 Å². The molecule has 0 spiro atoms. The molecule has 7 heteroatoms. The lowest BCUT2D eigenvalue weighted by atomic mass is 10.1. The average Bonchev–Trinajstić information content (AvgIpc) is 2.94. The summed E-state index contributed by atoms with van der Waals surface area (Å²) in [7, 11) is 0. The normalized spacial score (nSPS) is 10.9. The Morgan fingerprint density at radius 1 is 0.722 bits per heavy atom. The molecule has 0 saturated heterocycles. The van der Waals surface area contributed by atoms with Gasteiger partial charge >= 0.3 is 0 Å². The molecule has 0 aliphatic heterocycles. The molecule has 3 N–H and O–H groups in total. The standard InChI is InChI=1S/C29H24N4O3/c34-28(32-36)19-16-22-8-7-9-24(20-22)29(35)31-30-21-23-14-17-27(18-15-23)33(25-10-3-1-4-11-25)26-12-5-2-6-13-26/h1-21,36H,(H,31,35)(H,32,34). The molecule has 0 aliphatic carbocycles. The van der Waals surface area contributed by atoms with Gasteiger partial charge < -0.3 is 4.90 Å². The van der Waals surface area contributed by atoms with Gasteiger partial charge in [-0.3, -0.25) is 14.8 Å². The lowest BCUT2D eigenvalue weighted by molar-refractivity contribution is -0.124. The van der Waals surface area contributed by atoms with Crippen molar-refractivity contribution in [3.8, 4) is 0 Å². The molecule has 0 radical (unpaired) electrons. The minimum atomic E-state index is -0.656. The third-order valence-corrected chi connectivity index (χ3v) is 5.25. The average molecular weight is 477 g/mol. The highest BCUT2D eigenvalue weighted by Crippen LogP contribution is 2.33. The van der Waals surface area contributed by atoms with Crippen molar-refractivity contribution in [2.45, 2.75) is 0 Å². The lowest BCUT2D eigenvalue weighted by Gasteiger charge is -2.25. The summed E-state index contributed by atoms with van der Waals surface area (Å²) < 4.78 is 0. The number of amides is 2. The molecular weight excluding hydrogens is 452 g/mol. The fraction of sp³-hybridized carbons (Fsp3) is 0. The molecule has 36 heavy (non-hydrogen) atoms. The minimum absolute atomic E-state index is 0.385. The van der Waals surface area contributed by atoms with Crippen LogP contribution >= 0.6 is 0 Å². The molecule has 2 amide bonds. The van der Waals surface area contributed by atoms with Gasteiger partial charge in [-0.1, -0.05) is 60.7 Å². The zero-order chi connectivity index (χ0) is 25.2. The highest BCUT2D eigenvalue weighted by Gasteiger charge is 2.11. The lowest BCUT2D eigenvalue weighted by Crippen LogP contribution is -2.17. The van der Waals surface area contributed by atoms with Crippen LogP contribution in [0.3, 0.4) is 0 Å². The highest BCUT2D eigenvalue weighted by atomic mass is 16.5. The van der Waals surface area contributed by atoms with Crippen molar-refractivity contribution in [1.82, 2.24) is 10.9 Å². The fourth-order valence-corrected chi connectivity index (χ4v) is 3.53. The van der Waals surface area contributed by atoms with Crippen LogP contribution in [0.4, 0.5) is 17.1 Å². The van der Waals surface area contributed by atoms with Crippen LogP contribution in [-0.4, -0.2) is 23.2 Å². The number of anilines is 3. The summed E-state index contributed by atoms with van der Waals surface area (Å²) in [6, 6.07) is 34.8. The van der Waals surface area contributed by atoms with Gasteiger partial charge in [-0.05, 0) is 65.7 Å². The number of carbonyl (C=O) groups excluding carboxylic acids is 2. The maximum absolute atomic E-state index is 12.5. The molecule has 178 valence electrons. The second-order valence-electron chi connectivity index (χ2n) is 7.73. The topological polar surface area (TPSA) is 94.0 Å².